The molecule has 0 spiro atoms. The van der Waals surface area contributed by atoms with Crippen molar-refractivity contribution in [3.8, 4) is 0 Å². The summed E-state index contributed by atoms with van der Waals surface area (Å²) in [6, 6.07) is 1.88. The molecule has 0 radical (unpaired) electrons. The Morgan fingerprint density at radius 3 is 2.92 bits per heavy atom. The van der Waals surface area contributed by atoms with Crippen LogP contribution in [0.1, 0.15) is 23.9 Å². The number of aliphatic hydroxyl groups excluding tert-OH is 1. The minimum absolute atomic E-state index is 0.478. The van der Waals surface area contributed by atoms with Crippen molar-refractivity contribution < 1.29 is 5.11 Å². The Morgan fingerprint density at radius 1 is 1.83 bits per heavy atom. The Bertz CT molecular complexity index is 278. The molecule has 0 bridgehead atoms. The summed E-state index contributed by atoms with van der Waals surface area (Å²) in [4.78, 5) is 0. The molecule has 1 unspecified atom stereocenters. The summed E-state index contributed by atoms with van der Waals surface area (Å²) in [6.07, 6.45) is 1.79. The Hall–Kier alpha value is -1.09. The summed E-state index contributed by atoms with van der Waals surface area (Å²) >= 11 is 0. The van der Waals surface area contributed by atoms with Gasteiger partial charge in [0.05, 0.1) is 17.5 Å². The summed E-state index contributed by atoms with van der Waals surface area (Å²) in [7, 11) is 1.83. The highest BCUT2D eigenvalue weighted by Gasteiger charge is 2.10. The van der Waals surface area contributed by atoms with Crippen LogP contribution in [0, 0.1) is 6.92 Å². The first kappa shape index (κ1) is 9.00. The fourth-order valence-electron chi connectivity index (χ4n) is 1.22. The Kier molecular flexibility index (Phi) is 2.65. The normalized spacial score (nSPS) is 12.9. The Labute approximate surface area is 72.3 Å². The van der Waals surface area contributed by atoms with E-state index in [1.807, 2.05) is 20.0 Å². The average Bonchev–Trinajstić information content (AvgIpc) is 2.30. The van der Waals surface area contributed by atoms with Crippen LogP contribution in [0.3, 0.4) is 0 Å². The van der Waals surface area contributed by atoms with Gasteiger partial charge in [0.2, 0.25) is 0 Å². The predicted octanol–water partition coefficient (Wildman–Crippen LogP) is 1.34. The van der Waals surface area contributed by atoms with Crippen molar-refractivity contribution in [1.29, 1.82) is 0 Å². The van der Waals surface area contributed by atoms with E-state index in [2.05, 4.69) is 11.7 Å². The van der Waals surface area contributed by atoms with E-state index >= 15 is 0 Å². The van der Waals surface area contributed by atoms with Crippen molar-refractivity contribution in [2.75, 3.05) is 0 Å². The van der Waals surface area contributed by atoms with Crippen molar-refractivity contribution in [2.45, 2.75) is 19.4 Å². The quantitative estimate of drug-likeness (QED) is 0.688. The van der Waals surface area contributed by atoms with Crippen LogP contribution in [-0.4, -0.2) is 14.9 Å². The smallest absolute Gasteiger partial charge is 0.0990 e. The van der Waals surface area contributed by atoms with E-state index in [-0.39, 0.29) is 0 Å². The van der Waals surface area contributed by atoms with Gasteiger partial charge in [0.1, 0.15) is 0 Å². The van der Waals surface area contributed by atoms with E-state index in [1.165, 1.54) is 0 Å². The predicted molar refractivity (Wildman–Crippen MR) is 47.7 cm³/mol. The second-order valence-electron chi connectivity index (χ2n) is 2.87. The molecule has 1 N–H and O–H groups in total. The first-order valence-electron chi connectivity index (χ1n) is 3.94. The van der Waals surface area contributed by atoms with Crippen molar-refractivity contribution in [3.05, 3.63) is 30.1 Å². The molecule has 0 saturated heterocycles. The molecule has 0 aliphatic carbocycles. The van der Waals surface area contributed by atoms with Gasteiger partial charge in [-0.05, 0) is 19.4 Å². The summed E-state index contributed by atoms with van der Waals surface area (Å²) in [5.74, 6) is 0. The van der Waals surface area contributed by atoms with Gasteiger partial charge in [-0.1, -0.05) is 6.08 Å². The van der Waals surface area contributed by atoms with Gasteiger partial charge in [-0.3, -0.25) is 4.68 Å². The lowest BCUT2D eigenvalue weighted by Gasteiger charge is -2.06. The monoisotopic (exact) mass is 166 g/mol. The zero-order valence-electron chi connectivity index (χ0n) is 7.49. The maximum atomic E-state index is 9.58. The van der Waals surface area contributed by atoms with Crippen LogP contribution in [0.4, 0.5) is 0 Å². The van der Waals surface area contributed by atoms with E-state index < -0.39 is 6.10 Å². The van der Waals surface area contributed by atoms with Crippen LogP contribution in [-0.2, 0) is 7.05 Å². The maximum Gasteiger partial charge on any atom is 0.0990 e. The molecular formula is C9H14N2O. The van der Waals surface area contributed by atoms with E-state index in [9.17, 15) is 5.11 Å². The van der Waals surface area contributed by atoms with Crippen LogP contribution in [0.25, 0.3) is 0 Å². The minimum atomic E-state index is -0.478. The minimum Gasteiger partial charge on any atom is -0.386 e. The Morgan fingerprint density at radius 2 is 2.50 bits per heavy atom. The van der Waals surface area contributed by atoms with Crippen molar-refractivity contribution in [1.82, 2.24) is 9.78 Å². The van der Waals surface area contributed by atoms with Crippen LogP contribution in [0.5, 0.6) is 0 Å². The topological polar surface area (TPSA) is 38.1 Å². The van der Waals surface area contributed by atoms with E-state index in [4.69, 9.17) is 0 Å². The third kappa shape index (κ3) is 1.74. The molecule has 1 heterocycles. The number of nitrogens with zero attached hydrogens (tertiary/aromatic N) is 2. The molecule has 0 aliphatic rings. The molecule has 3 heteroatoms. The molecule has 3 nitrogen and oxygen atoms in total. The second-order valence-corrected chi connectivity index (χ2v) is 2.87. The highest BCUT2D eigenvalue weighted by molar-refractivity contribution is 5.11. The molecule has 0 saturated carbocycles. The molecule has 0 aromatic carbocycles. The molecule has 1 atom stereocenters. The van der Waals surface area contributed by atoms with Gasteiger partial charge in [-0.2, -0.15) is 5.10 Å². The third-order valence-corrected chi connectivity index (χ3v) is 1.77. The van der Waals surface area contributed by atoms with Crippen molar-refractivity contribution in [3.63, 3.8) is 0 Å². The fourth-order valence-corrected chi connectivity index (χ4v) is 1.22. The number of hydrogen-bond acceptors (Lipinski definition) is 2. The highest BCUT2D eigenvalue weighted by atomic mass is 16.3. The first-order chi connectivity index (χ1) is 5.65. The lowest BCUT2D eigenvalue weighted by atomic mass is 10.2. The molecule has 66 valence electrons. The van der Waals surface area contributed by atoms with Gasteiger partial charge in [0, 0.05) is 7.05 Å². The van der Waals surface area contributed by atoms with E-state index in [0.29, 0.717) is 6.42 Å². The zero-order chi connectivity index (χ0) is 9.14. The third-order valence-electron chi connectivity index (χ3n) is 1.77. The van der Waals surface area contributed by atoms with E-state index in [1.54, 1.807) is 10.8 Å². The van der Waals surface area contributed by atoms with Gasteiger partial charge in [-0.15, -0.1) is 6.58 Å². The largest absolute Gasteiger partial charge is 0.386 e. The van der Waals surface area contributed by atoms with Crippen LogP contribution in [0.2, 0.25) is 0 Å². The second kappa shape index (κ2) is 3.54. The number of hydrogen-bond donors (Lipinski definition) is 1. The highest BCUT2D eigenvalue weighted by Crippen LogP contribution is 2.16. The summed E-state index contributed by atoms with van der Waals surface area (Å²) in [5.41, 5.74) is 1.77. The van der Waals surface area contributed by atoms with Crippen LogP contribution >= 0.6 is 0 Å². The maximum absolute atomic E-state index is 9.58. The van der Waals surface area contributed by atoms with Crippen molar-refractivity contribution in [2.24, 2.45) is 7.05 Å². The van der Waals surface area contributed by atoms with E-state index in [0.717, 1.165) is 11.4 Å². The van der Waals surface area contributed by atoms with Gasteiger partial charge in [0.15, 0.2) is 0 Å². The molecule has 1 aromatic rings. The first-order valence-corrected chi connectivity index (χ1v) is 3.94. The standard InChI is InChI=1S/C9H14N2O/c1-4-5-9(12)8-6-7(2)10-11(8)3/h4,6,9,12H,1,5H2,2-3H3. The molecule has 0 amide bonds. The number of aromatic nitrogens is 2. The molecule has 0 fully saturated rings. The number of aryl methyl sites for hydroxylation is 2. The summed E-state index contributed by atoms with van der Waals surface area (Å²) in [5, 5.41) is 13.7. The SMILES string of the molecule is C=CCC(O)c1cc(C)nn1C. The lowest BCUT2D eigenvalue weighted by molar-refractivity contribution is 0.171. The van der Waals surface area contributed by atoms with Crippen LogP contribution < -0.4 is 0 Å². The number of aliphatic hydroxyl groups is 1. The molecule has 1 rings (SSSR count). The van der Waals surface area contributed by atoms with Gasteiger partial charge >= 0.3 is 0 Å². The Balaban J connectivity index is 2.85. The van der Waals surface area contributed by atoms with Crippen LogP contribution in [0.15, 0.2) is 18.7 Å². The lowest BCUT2D eigenvalue weighted by Crippen LogP contribution is -2.03. The zero-order valence-corrected chi connectivity index (χ0v) is 7.49. The summed E-state index contributed by atoms with van der Waals surface area (Å²) < 4.78 is 1.70. The molecule has 0 aliphatic heterocycles. The average molecular weight is 166 g/mol. The summed E-state index contributed by atoms with van der Waals surface area (Å²) in [6.45, 7) is 5.48. The fraction of sp³-hybridized carbons (Fsp3) is 0.444. The molecular weight excluding hydrogens is 152 g/mol. The number of rotatable bonds is 3. The molecule has 12 heavy (non-hydrogen) atoms. The van der Waals surface area contributed by atoms with Crippen molar-refractivity contribution >= 4 is 0 Å². The molecule has 1 aromatic heterocycles. The van der Waals surface area contributed by atoms with Gasteiger partial charge in [0.25, 0.3) is 0 Å². The van der Waals surface area contributed by atoms with Gasteiger partial charge in [-0.25, -0.2) is 0 Å². The van der Waals surface area contributed by atoms with Gasteiger partial charge < -0.3 is 5.11 Å².